The van der Waals surface area contributed by atoms with Crippen molar-refractivity contribution < 1.29 is 14.3 Å². The quantitative estimate of drug-likeness (QED) is 0.249. The number of imidazole rings is 1. The number of pyridine rings is 1. The van der Waals surface area contributed by atoms with E-state index in [1.54, 1.807) is 6.07 Å². The summed E-state index contributed by atoms with van der Waals surface area (Å²) in [6.07, 6.45) is 3.04. The second-order valence-electron chi connectivity index (χ2n) is 10.4. The van der Waals surface area contributed by atoms with Crippen LogP contribution in [0.3, 0.4) is 0 Å². The molecule has 0 bridgehead atoms. The lowest BCUT2D eigenvalue weighted by atomic mass is 9.98. The standard InChI is InChI=1S/C31H36N4O3/c1-6-10-27-34-29-25(18-19-26(33-29)32-28(36)11-7-2)35(27)20-21-14-16-22(17-15-21)23-12-8-9-13-24(23)30(37)38-31(3,4)5/h8-9,12-19H,6-7,10-11,20H2,1-5H3,(H,32,33,36). The van der Waals surface area contributed by atoms with Crippen LogP contribution in [-0.4, -0.2) is 32.0 Å². The minimum atomic E-state index is -0.561. The first-order chi connectivity index (χ1) is 18.2. The lowest BCUT2D eigenvalue weighted by Crippen LogP contribution is -2.24. The van der Waals surface area contributed by atoms with E-state index >= 15 is 0 Å². The van der Waals surface area contributed by atoms with Crippen LogP contribution in [0.25, 0.3) is 22.3 Å². The van der Waals surface area contributed by atoms with Gasteiger partial charge in [-0.05, 0) is 68.5 Å². The van der Waals surface area contributed by atoms with Crippen molar-refractivity contribution in [2.75, 3.05) is 5.32 Å². The van der Waals surface area contributed by atoms with Crippen LogP contribution in [0.15, 0.2) is 60.7 Å². The zero-order valence-corrected chi connectivity index (χ0v) is 22.9. The highest BCUT2D eigenvalue weighted by atomic mass is 16.6. The van der Waals surface area contributed by atoms with Gasteiger partial charge in [0.2, 0.25) is 5.91 Å². The van der Waals surface area contributed by atoms with Gasteiger partial charge >= 0.3 is 5.97 Å². The third-order valence-electron chi connectivity index (χ3n) is 6.06. The van der Waals surface area contributed by atoms with Crippen molar-refractivity contribution in [3.8, 4) is 11.1 Å². The number of aryl methyl sites for hydroxylation is 1. The van der Waals surface area contributed by atoms with Gasteiger partial charge in [-0.3, -0.25) is 4.79 Å². The normalized spacial score (nSPS) is 11.5. The maximum absolute atomic E-state index is 12.8. The van der Waals surface area contributed by atoms with Gasteiger partial charge in [0.1, 0.15) is 17.2 Å². The van der Waals surface area contributed by atoms with Gasteiger partial charge in [0.15, 0.2) is 5.65 Å². The molecule has 0 radical (unpaired) electrons. The lowest BCUT2D eigenvalue weighted by molar-refractivity contribution is -0.116. The van der Waals surface area contributed by atoms with Crippen LogP contribution in [0.2, 0.25) is 0 Å². The number of rotatable bonds is 9. The molecule has 7 heteroatoms. The van der Waals surface area contributed by atoms with Crippen LogP contribution in [0.5, 0.6) is 0 Å². The molecule has 1 N–H and O–H groups in total. The molecule has 0 spiro atoms. The Kier molecular flexibility index (Phi) is 8.25. The second kappa shape index (κ2) is 11.6. The van der Waals surface area contributed by atoms with Gasteiger partial charge in [0.05, 0.1) is 11.1 Å². The predicted molar refractivity (Wildman–Crippen MR) is 151 cm³/mol. The molecule has 38 heavy (non-hydrogen) atoms. The first kappa shape index (κ1) is 27.0. The fraction of sp³-hybridized carbons (Fsp3) is 0.355. The van der Waals surface area contributed by atoms with Crippen molar-refractivity contribution in [2.24, 2.45) is 0 Å². The van der Waals surface area contributed by atoms with Crippen molar-refractivity contribution in [3.05, 3.63) is 77.6 Å². The molecule has 0 aliphatic carbocycles. The molecule has 0 atom stereocenters. The van der Waals surface area contributed by atoms with E-state index in [0.29, 0.717) is 30.0 Å². The molecule has 4 aromatic rings. The number of aromatic nitrogens is 3. The highest BCUT2D eigenvalue weighted by molar-refractivity contribution is 5.97. The van der Waals surface area contributed by atoms with E-state index in [0.717, 1.165) is 47.3 Å². The third kappa shape index (κ3) is 6.46. The summed E-state index contributed by atoms with van der Waals surface area (Å²) in [4.78, 5) is 34.2. The molecule has 0 aliphatic rings. The SMILES string of the molecule is CCCC(=O)Nc1ccc2c(n1)nc(CCC)n2Cc1ccc(-c2ccccc2C(=O)OC(C)(C)C)cc1. The molecule has 2 aromatic carbocycles. The number of ether oxygens (including phenoxy) is 1. The smallest absolute Gasteiger partial charge is 0.339 e. The number of nitrogens with one attached hydrogen (secondary N) is 1. The van der Waals surface area contributed by atoms with Gasteiger partial charge in [0, 0.05) is 19.4 Å². The summed E-state index contributed by atoms with van der Waals surface area (Å²) in [6.45, 7) is 10.4. The van der Waals surface area contributed by atoms with Gasteiger partial charge in [0.25, 0.3) is 0 Å². The largest absolute Gasteiger partial charge is 0.456 e. The van der Waals surface area contributed by atoms with Crippen molar-refractivity contribution in [3.63, 3.8) is 0 Å². The molecular formula is C31H36N4O3. The average molecular weight is 513 g/mol. The maximum Gasteiger partial charge on any atom is 0.339 e. The molecule has 2 heterocycles. The molecule has 0 saturated heterocycles. The summed E-state index contributed by atoms with van der Waals surface area (Å²) in [7, 11) is 0. The summed E-state index contributed by atoms with van der Waals surface area (Å²) in [5.74, 6) is 1.12. The Morgan fingerprint density at radius 1 is 0.921 bits per heavy atom. The molecule has 0 aliphatic heterocycles. The Balaban J connectivity index is 1.60. The van der Waals surface area contributed by atoms with Crippen LogP contribution >= 0.6 is 0 Å². The molecule has 0 fully saturated rings. The summed E-state index contributed by atoms with van der Waals surface area (Å²) in [6, 6.07) is 19.6. The van der Waals surface area contributed by atoms with E-state index < -0.39 is 5.60 Å². The van der Waals surface area contributed by atoms with Gasteiger partial charge in [-0.25, -0.2) is 14.8 Å². The topological polar surface area (TPSA) is 86.1 Å². The van der Waals surface area contributed by atoms with E-state index in [9.17, 15) is 9.59 Å². The van der Waals surface area contributed by atoms with Crippen molar-refractivity contribution in [1.82, 2.24) is 14.5 Å². The Labute approximate surface area is 224 Å². The number of hydrogen-bond donors (Lipinski definition) is 1. The fourth-order valence-corrected chi connectivity index (χ4v) is 4.37. The van der Waals surface area contributed by atoms with Crippen LogP contribution < -0.4 is 5.32 Å². The highest BCUT2D eigenvalue weighted by Gasteiger charge is 2.21. The van der Waals surface area contributed by atoms with Crippen molar-refractivity contribution in [2.45, 2.75) is 72.4 Å². The van der Waals surface area contributed by atoms with Crippen LogP contribution in [0, 0.1) is 0 Å². The molecule has 7 nitrogen and oxygen atoms in total. The minimum Gasteiger partial charge on any atom is -0.456 e. The Morgan fingerprint density at radius 3 is 2.34 bits per heavy atom. The Morgan fingerprint density at radius 2 is 1.66 bits per heavy atom. The summed E-state index contributed by atoms with van der Waals surface area (Å²) in [5, 5.41) is 2.86. The molecule has 1 amide bonds. The number of nitrogens with zero attached hydrogens (tertiary/aromatic N) is 3. The van der Waals surface area contributed by atoms with Crippen LogP contribution in [0.4, 0.5) is 5.82 Å². The number of esters is 1. The number of amides is 1. The van der Waals surface area contributed by atoms with Gasteiger partial charge in [-0.2, -0.15) is 0 Å². The molecule has 2 aromatic heterocycles. The van der Waals surface area contributed by atoms with Crippen LogP contribution in [-0.2, 0) is 22.5 Å². The zero-order chi connectivity index (χ0) is 27.3. The summed E-state index contributed by atoms with van der Waals surface area (Å²) < 4.78 is 7.81. The molecule has 198 valence electrons. The van der Waals surface area contributed by atoms with Gasteiger partial charge < -0.3 is 14.6 Å². The lowest BCUT2D eigenvalue weighted by Gasteiger charge is -2.20. The second-order valence-corrected chi connectivity index (χ2v) is 10.4. The summed E-state index contributed by atoms with van der Waals surface area (Å²) >= 11 is 0. The van der Waals surface area contributed by atoms with Crippen molar-refractivity contribution >= 4 is 28.9 Å². The average Bonchev–Trinajstić information content (AvgIpc) is 3.20. The summed E-state index contributed by atoms with van der Waals surface area (Å²) in [5.41, 5.74) is 4.46. The Hall–Kier alpha value is -4.00. The minimum absolute atomic E-state index is 0.0408. The first-order valence-electron chi connectivity index (χ1n) is 13.3. The fourth-order valence-electron chi connectivity index (χ4n) is 4.37. The number of carbonyl (C=O) groups excluding carboxylic acids is 2. The van der Waals surface area contributed by atoms with E-state index in [2.05, 4.69) is 33.9 Å². The van der Waals surface area contributed by atoms with Gasteiger partial charge in [-0.15, -0.1) is 0 Å². The van der Waals surface area contributed by atoms with E-state index in [-0.39, 0.29) is 11.9 Å². The monoisotopic (exact) mass is 512 g/mol. The molecular weight excluding hydrogens is 476 g/mol. The number of fused-ring (bicyclic) bond motifs is 1. The van der Waals surface area contributed by atoms with Gasteiger partial charge in [-0.1, -0.05) is 56.3 Å². The third-order valence-corrected chi connectivity index (χ3v) is 6.06. The van der Waals surface area contributed by atoms with Crippen molar-refractivity contribution in [1.29, 1.82) is 0 Å². The zero-order valence-electron chi connectivity index (χ0n) is 22.9. The molecule has 4 rings (SSSR count). The number of carbonyl (C=O) groups is 2. The maximum atomic E-state index is 12.8. The predicted octanol–water partition coefficient (Wildman–Crippen LogP) is 6.79. The number of anilines is 1. The van der Waals surface area contributed by atoms with E-state index in [1.165, 1.54) is 0 Å². The van der Waals surface area contributed by atoms with E-state index in [1.807, 2.05) is 70.2 Å². The Bertz CT molecular complexity index is 1430. The van der Waals surface area contributed by atoms with E-state index in [4.69, 9.17) is 9.72 Å². The highest BCUT2D eigenvalue weighted by Crippen LogP contribution is 2.27. The number of benzene rings is 2. The number of hydrogen-bond acceptors (Lipinski definition) is 5. The first-order valence-corrected chi connectivity index (χ1v) is 13.3. The molecule has 0 saturated carbocycles. The molecule has 0 unspecified atom stereocenters. The van der Waals surface area contributed by atoms with Crippen LogP contribution in [0.1, 0.15) is 75.6 Å².